The van der Waals surface area contributed by atoms with Crippen molar-refractivity contribution in [1.29, 1.82) is 0 Å². The van der Waals surface area contributed by atoms with Crippen molar-refractivity contribution in [2.75, 3.05) is 0 Å². The van der Waals surface area contributed by atoms with Crippen LogP contribution in [-0.2, 0) is 12.6 Å². The molecule has 2 N–H and O–H groups in total. The van der Waals surface area contributed by atoms with E-state index < -0.39 is 17.7 Å². The predicted molar refractivity (Wildman–Crippen MR) is 119 cm³/mol. The number of hydrogen-bond donors (Lipinski definition) is 2. The van der Waals surface area contributed by atoms with Crippen LogP contribution in [0.25, 0.3) is 0 Å². The van der Waals surface area contributed by atoms with Gasteiger partial charge in [0, 0.05) is 9.75 Å². The van der Waals surface area contributed by atoms with Gasteiger partial charge >= 0.3 is 41.7 Å². The molecule has 0 atom stereocenters. The largest absolute Gasteiger partial charge is 1.00 e. The third-order valence-electron chi connectivity index (χ3n) is 4.57. The van der Waals surface area contributed by atoms with Gasteiger partial charge in [-0.1, -0.05) is 30.3 Å². The maximum absolute atomic E-state index is 12.6. The fourth-order valence-electron chi connectivity index (χ4n) is 3.04. The number of amides is 1. The molecule has 0 aliphatic carbocycles. The van der Waals surface area contributed by atoms with Gasteiger partial charge in [-0.3, -0.25) is 4.79 Å². The quantitative estimate of drug-likeness (QED) is 0.431. The molecule has 0 spiro atoms. The molecule has 1 aromatic heterocycles. The van der Waals surface area contributed by atoms with E-state index in [1.54, 1.807) is 43.8 Å². The molecule has 170 valence electrons. The topological polar surface area (TPSA) is 66.4 Å². The molecule has 0 aliphatic rings. The number of alkyl halides is 3. The van der Waals surface area contributed by atoms with Gasteiger partial charge < -0.3 is 10.4 Å². The standard InChI is InChI=1S/C17H17F3NOS.C7H6O2.Na/c1-4-21-16(22)15-11(3)23-10(2)14(15)9-12-5-7-13(8-6-12)17(18,19)20;8-7(9)6-4-2-1-3-5-6;/h4-8H,9H2,1-3H3,(H,21,22);1-5H,(H,8,9);/q-1;;+1. The van der Waals surface area contributed by atoms with E-state index in [0.717, 1.165) is 33.0 Å². The molecule has 3 rings (SSSR count). The van der Waals surface area contributed by atoms with Crippen molar-refractivity contribution >= 4 is 23.2 Å². The summed E-state index contributed by atoms with van der Waals surface area (Å²) in [5.41, 5.74) is 1.89. The van der Waals surface area contributed by atoms with Crippen LogP contribution in [0.3, 0.4) is 0 Å². The van der Waals surface area contributed by atoms with Gasteiger partial charge in [-0.25, -0.2) is 11.3 Å². The second kappa shape index (κ2) is 12.9. The summed E-state index contributed by atoms with van der Waals surface area (Å²) in [5.74, 6) is -1.06. The molecule has 0 aliphatic heterocycles. The van der Waals surface area contributed by atoms with Crippen molar-refractivity contribution < 1.29 is 57.4 Å². The normalized spacial score (nSPS) is 10.5. The van der Waals surface area contributed by atoms with E-state index in [1.807, 2.05) is 13.8 Å². The number of thiophene rings is 1. The number of carboxylic acids is 1. The summed E-state index contributed by atoms with van der Waals surface area (Å²) in [7, 11) is 0. The van der Waals surface area contributed by atoms with Gasteiger partial charge in [0.2, 0.25) is 5.91 Å². The van der Waals surface area contributed by atoms with E-state index in [9.17, 15) is 22.8 Å². The second-order valence-electron chi connectivity index (χ2n) is 6.87. The van der Waals surface area contributed by atoms with Crippen molar-refractivity contribution in [2.24, 2.45) is 0 Å². The summed E-state index contributed by atoms with van der Waals surface area (Å²) in [4.78, 5) is 24.3. The molecule has 4 nitrogen and oxygen atoms in total. The first-order chi connectivity index (χ1) is 15.0. The van der Waals surface area contributed by atoms with Crippen molar-refractivity contribution in [3.8, 4) is 0 Å². The molecule has 0 saturated carbocycles. The molecule has 0 bridgehead atoms. The maximum atomic E-state index is 12.6. The Labute approximate surface area is 217 Å². The Morgan fingerprint density at radius 1 is 1.00 bits per heavy atom. The number of carboxylic acid groups (broad SMARTS) is 1. The van der Waals surface area contributed by atoms with Gasteiger partial charge in [-0.2, -0.15) is 20.1 Å². The molecule has 0 fully saturated rings. The van der Waals surface area contributed by atoms with E-state index in [2.05, 4.69) is 5.32 Å². The second-order valence-corrected chi connectivity index (χ2v) is 8.30. The molecule has 33 heavy (non-hydrogen) atoms. The molecule has 2 aromatic carbocycles. The van der Waals surface area contributed by atoms with Crippen LogP contribution in [-0.4, -0.2) is 17.0 Å². The molecule has 3 aromatic rings. The zero-order valence-electron chi connectivity index (χ0n) is 18.8. The monoisotopic (exact) mass is 485 g/mol. The maximum Gasteiger partial charge on any atom is 1.00 e. The number of aryl methyl sites for hydroxylation is 2. The molecular formula is C24H23F3NNaO3S. The number of carbonyl (C=O) groups excluding carboxylic acids is 1. The van der Waals surface area contributed by atoms with Gasteiger partial charge in [-0.15, -0.1) is 11.3 Å². The Kier molecular flexibility index (Phi) is 11.3. The Bertz CT molecular complexity index is 1070. The van der Waals surface area contributed by atoms with Crippen molar-refractivity contribution in [2.45, 2.75) is 33.4 Å². The third kappa shape index (κ3) is 8.30. The Morgan fingerprint density at radius 3 is 2.03 bits per heavy atom. The zero-order chi connectivity index (χ0) is 23.9. The zero-order valence-corrected chi connectivity index (χ0v) is 21.6. The fraction of sp³-hybridized carbons (Fsp3) is 0.208. The van der Waals surface area contributed by atoms with E-state index in [-0.39, 0.29) is 35.5 Å². The van der Waals surface area contributed by atoms with Crippen LogP contribution in [0.2, 0.25) is 0 Å². The summed E-state index contributed by atoms with van der Waals surface area (Å²) >= 11 is 1.52. The minimum Gasteiger partial charge on any atom is -0.502 e. The average Bonchev–Trinajstić information content (AvgIpc) is 3.02. The minimum absolute atomic E-state index is 0. The summed E-state index contributed by atoms with van der Waals surface area (Å²) < 4.78 is 37.8. The average molecular weight is 486 g/mol. The molecular weight excluding hydrogens is 462 g/mol. The van der Waals surface area contributed by atoms with Crippen molar-refractivity contribution in [1.82, 2.24) is 5.32 Å². The Morgan fingerprint density at radius 2 is 1.58 bits per heavy atom. The molecule has 0 saturated heterocycles. The summed E-state index contributed by atoms with van der Waals surface area (Å²) in [6.07, 6.45) is -3.91. The van der Waals surface area contributed by atoms with E-state index in [1.165, 1.54) is 23.5 Å². The fourth-order valence-corrected chi connectivity index (χ4v) is 4.11. The summed E-state index contributed by atoms with van der Waals surface area (Å²) in [5, 5.41) is 11.0. The molecule has 0 radical (unpaired) electrons. The third-order valence-corrected chi connectivity index (χ3v) is 5.63. The van der Waals surface area contributed by atoms with Crippen LogP contribution in [0.4, 0.5) is 13.2 Å². The Hall–Kier alpha value is -2.13. The smallest absolute Gasteiger partial charge is 0.502 e. The van der Waals surface area contributed by atoms with Gasteiger partial charge in [0.1, 0.15) is 0 Å². The predicted octanol–water partition coefficient (Wildman–Crippen LogP) is 3.27. The van der Waals surface area contributed by atoms with Crippen molar-refractivity contribution in [3.05, 3.63) is 98.7 Å². The van der Waals surface area contributed by atoms with Crippen LogP contribution >= 0.6 is 11.3 Å². The number of nitrogens with one attached hydrogen (secondary N) is 1. The molecule has 0 unspecified atom stereocenters. The number of rotatable bonds is 5. The van der Waals surface area contributed by atoms with Crippen LogP contribution in [0.5, 0.6) is 0 Å². The number of carbonyl (C=O) groups is 2. The van der Waals surface area contributed by atoms with Gasteiger partial charge in [0.05, 0.1) is 16.7 Å². The molecule has 9 heteroatoms. The first-order valence-corrected chi connectivity index (χ1v) is 10.5. The summed E-state index contributed by atoms with van der Waals surface area (Å²) in [6.45, 7) is 7.08. The van der Waals surface area contributed by atoms with E-state index >= 15 is 0 Å². The first-order valence-electron chi connectivity index (χ1n) is 9.66. The SMILES string of the molecule is C[CH-]NC(=O)c1c(C)sc(C)c1Cc1ccc(C(F)(F)F)cc1.O=C(O)c1ccccc1.[Na+]. The summed E-state index contributed by atoms with van der Waals surface area (Å²) in [6, 6.07) is 13.4. The number of aromatic carboxylic acids is 1. The van der Waals surface area contributed by atoms with Crippen LogP contribution in [0, 0.1) is 20.4 Å². The van der Waals surface area contributed by atoms with E-state index in [0.29, 0.717) is 17.5 Å². The number of hydrogen-bond acceptors (Lipinski definition) is 3. The minimum atomic E-state index is -4.34. The van der Waals surface area contributed by atoms with Crippen molar-refractivity contribution in [3.63, 3.8) is 0 Å². The number of benzene rings is 2. The van der Waals surface area contributed by atoms with Crippen LogP contribution in [0.15, 0.2) is 54.6 Å². The van der Waals surface area contributed by atoms with E-state index in [4.69, 9.17) is 5.11 Å². The first kappa shape index (κ1) is 28.9. The number of halogens is 3. The molecule has 1 heterocycles. The van der Waals surface area contributed by atoms with Gasteiger partial charge in [0.25, 0.3) is 0 Å². The van der Waals surface area contributed by atoms with Gasteiger partial charge in [0.15, 0.2) is 0 Å². The van der Waals surface area contributed by atoms with Crippen LogP contribution < -0.4 is 34.9 Å². The van der Waals surface area contributed by atoms with Crippen LogP contribution in [0.1, 0.15) is 54.1 Å². The van der Waals surface area contributed by atoms with Gasteiger partial charge in [-0.05, 0) is 55.7 Å². The Balaban J connectivity index is 0.000000458. The molecule has 1 amide bonds.